The van der Waals surface area contributed by atoms with Crippen molar-refractivity contribution in [2.45, 2.75) is 64.1 Å². The van der Waals surface area contributed by atoms with Crippen LogP contribution in [0.5, 0.6) is 0 Å². The molecule has 0 aliphatic carbocycles. The zero-order valence-electron chi connectivity index (χ0n) is 22.1. The molecule has 214 valence electrons. The summed E-state index contributed by atoms with van der Waals surface area (Å²) in [4.78, 5) is 55.7. The van der Waals surface area contributed by atoms with Crippen LogP contribution in [0.4, 0.5) is 0 Å². The molecule has 0 spiro atoms. The average Bonchev–Trinajstić information content (AvgIpc) is 3.48. The topological polar surface area (TPSA) is 216 Å². The van der Waals surface area contributed by atoms with Crippen LogP contribution in [0.3, 0.4) is 0 Å². The quantitative estimate of drug-likeness (QED) is 0.0986. The number of benzene rings is 1. The molecule has 15 nitrogen and oxygen atoms in total. The van der Waals surface area contributed by atoms with Gasteiger partial charge in [0, 0.05) is 46.2 Å². The van der Waals surface area contributed by atoms with Crippen molar-refractivity contribution >= 4 is 24.6 Å². The van der Waals surface area contributed by atoms with Crippen molar-refractivity contribution in [2.75, 3.05) is 6.61 Å². The lowest BCUT2D eigenvalue weighted by molar-refractivity contribution is -0.123. The van der Waals surface area contributed by atoms with Crippen molar-refractivity contribution in [1.29, 1.82) is 0 Å². The third kappa shape index (κ3) is 6.89. The number of aryl methyl sites for hydroxylation is 1. The van der Waals surface area contributed by atoms with Gasteiger partial charge in [0.1, 0.15) is 12.3 Å². The lowest BCUT2D eigenvalue weighted by Gasteiger charge is -2.24. The summed E-state index contributed by atoms with van der Waals surface area (Å²) in [5.74, 6) is -0.491. The number of nitrogens with zero attached hydrogens (tertiary/aromatic N) is 4. The normalized spacial score (nSPS) is 21.2. The molecule has 5 N–H and O–H groups in total. The van der Waals surface area contributed by atoms with Gasteiger partial charge in [-0.25, -0.2) is 14.4 Å². The molecule has 4 rings (SSSR count). The van der Waals surface area contributed by atoms with Gasteiger partial charge < -0.3 is 19.9 Å². The van der Waals surface area contributed by atoms with E-state index in [4.69, 9.17) is 14.8 Å². The van der Waals surface area contributed by atoms with E-state index < -0.39 is 55.9 Å². The fourth-order valence-electron chi connectivity index (χ4n) is 4.53. The number of nitrogens with one attached hydrogen (secondary N) is 4. The summed E-state index contributed by atoms with van der Waals surface area (Å²) in [5.41, 5.74) is 9.63. The van der Waals surface area contributed by atoms with Gasteiger partial charge in [-0.1, -0.05) is 23.3 Å². The number of hydrogen-bond acceptors (Lipinski definition) is 7. The lowest BCUT2D eigenvalue weighted by Crippen LogP contribution is -2.46. The molecule has 1 saturated heterocycles. The maximum absolute atomic E-state index is 13.1. The van der Waals surface area contributed by atoms with Gasteiger partial charge >= 0.3 is 13.4 Å². The van der Waals surface area contributed by atoms with E-state index in [-0.39, 0.29) is 24.4 Å². The highest BCUT2D eigenvalue weighted by Crippen LogP contribution is 2.40. The first kappa shape index (κ1) is 29.3. The Kier molecular flexibility index (Phi) is 8.94. The Morgan fingerprint density at radius 1 is 1.38 bits per heavy atom. The molecular formula is C24H31N8O7P. The van der Waals surface area contributed by atoms with Crippen molar-refractivity contribution in [2.24, 2.45) is 5.11 Å². The Labute approximate surface area is 228 Å². The van der Waals surface area contributed by atoms with Crippen LogP contribution in [0.15, 0.2) is 51.4 Å². The molecule has 0 bridgehead atoms. The van der Waals surface area contributed by atoms with Gasteiger partial charge in [0.25, 0.3) is 5.56 Å². The molecule has 2 unspecified atom stereocenters. The second-order valence-corrected chi connectivity index (χ2v) is 11.4. The fourth-order valence-corrected chi connectivity index (χ4v) is 5.56. The second-order valence-electron chi connectivity index (χ2n) is 9.84. The largest absolute Gasteiger partial charge is 0.403 e. The number of para-hydroxylation sites is 1. The van der Waals surface area contributed by atoms with Crippen molar-refractivity contribution in [3.8, 4) is 0 Å². The third-order valence-electron chi connectivity index (χ3n) is 6.44. The summed E-state index contributed by atoms with van der Waals surface area (Å²) < 4.78 is 25.4. The predicted molar refractivity (Wildman–Crippen MR) is 146 cm³/mol. The molecule has 16 heteroatoms. The van der Waals surface area contributed by atoms with E-state index in [0.717, 1.165) is 21.0 Å². The van der Waals surface area contributed by atoms with E-state index in [9.17, 15) is 23.8 Å². The van der Waals surface area contributed by atoms with E-state index in [1.54, 1.807) is 20.0 Å². The molecule has 0 radical (unpaired) electrons. The highest BCUT2D eigenvalue weighted by molar-refractivity contribution is 7.50. The second kappa shape index (κ2) is 12.2. The van der Waals surface area contributed by atoms with E-state index in [1.807, 2.05) is 24.3 Å². The maximum Gasteiger partial charge on any atom is 0.403 e. The molecular weight excluding hydrogens is 543 g/mol. The van der Waals surface area contributed by atoms with Crippen LogP contribution in [-0.2, 0) is 25.0 Å². The molecule has 3 heterocycles. The van der Waals surface area contributed by atoms with Gasteiger partial charge in [0.15, 0.2) is 0 Å². The Balaban J connectivity index is 1.49. The van der Waals surface area contributed by atoms with E-state index >= 15 is 0 Å². The Morgan fingerprint density at radius 3 is 2.85 bits per heavy atom. The maximum atomic E-state index is 13.1. The summed E-state index contributed by atoms with van der Waals surface area (Å²) in [5, 5.41) is 9.75. The van der Waals surface area contributed by atoms with Crippen LogP contribution >= 0.6 is 7.75 Å². The van der Waals surface area contributed by atoms with Gasteiger partial charge in [-0.3, -0.25) is 23.7 Å². The zero-order chi connectivity index (χ0) is 29.0. The van der Waals surface area contributed by atoms with Gasteiger partial charge in [-0.2, -0.15) is 0 Å². The van der Waals surface area contributed by atoms with Crippen molar-refractivity contribution in [1.82, 2.24) is 24.9 Å². The molecule has 1 amide bonds. The highest BCUT2D eigenvalue weighted by Gasteiger charge is 2.39. The van der Waals surface area contributed by atoms with Crippen molar-refractivity contribution < 1.29 is 23.5 Å². The summed E-state index contributed by atoms with van der Waals surface area (Å²) in [6, 6.07) is 5.32. The number of H-pyrrole nitrogens is 2. The molecule has 2 aromatic heterocycles. The van der Waals surface area contributed by atoms with Crippen LogP contribution in [0.25, 0.3) is 21.3 Å². The zero-order valence-corrected chi connectivity index (χ0v) is 23.0. The van der Waals surface area contributed by atoms with Gasteiger partial charge in [0.05, 0.1) is 18.8 Å². The van der Waals surface area contributed by atoms with Crippen LogP contribution < -0.4 is 21.7 Å². The number of azide groups is 1. The number of aromatic amines is 2. The monoisotopic (exact) mass is 574 g/mol. The molecule has 1 aliphatic heterocycles. The smallest absolute Gasteiger partial charge is 0.361 e. The molecule has 5 atom stereocenters. The first-order valence-corrected chi connectivity index (χ1v) is 14.2. The Hall–Kier alpha value is -3.71. The molecule has 0 saturated carbocycles. The number of rotatable bonds is 11. The average molecular weight is 575 g/mol. The van der Waals surface area contributed by atoms with Crippen LogP contribution in [0.2, 0.25) is 0 Å². The SMILES string of the molecule is Cc1cn(C2C[C@@H](N=[N+]=[N-])[C@@H](COP(=O)(O)N[C@@H](Cc3c[nH]c4ccccc34)C(=O)NC(C)C)O2)c(=O)[nH]c1=O. The number of amides is 1. The number of hydrogen-bond donors (Lipinski definition) is 5. The number of fused-ring (bicyclic) bond motifs is 1. The predicted octanol–water partition coefficient (Wildman–Crippen LogP) is 2.14. The molecule has 1 aromatic carbocycles. The summed E-state index contributed by atoms with van der Waals surface area (Å²) in [7, 11) is -4.59. The summed E-state index contributed by atoms with van der Waals surface area (Å²) in [6.45, 7) is 4.58. The highest BCUT2D eigenvalue weighted by atomic mass is 31.2. The number of carbonyl (C=O) groups is 1. The number of carbonyl (C=O) groups excluding carboxylic acids is 1. The summed E-state index contributed by atoms with van der Waals surface area (Å²) >= 11 is 0. The Bertz CT molecular complexity index is 1590. The standard InChI is InChI=1S/C24H31N8O7P/c1-13(2)27-23(34)19(8-15-10-26-17-7-5-4-6-16(15)17)30-40(36,37)38-12-20-18(29-31-25)9-21(39-20)32-11-14(3)22(33)28-24(32)35/h4-7,10-11,13,18-21,26H,8-9,12H2,1-3H3,(H,27,34)(H,28,33,35)(H2,30,36,37)/t18-,19+,20-,21?/m1/s1. The van der Waals surface area contributed by atoms with E-state index in [1.165, 1.54) is 13.1 Å². The minimum absolute atomic E-state index is 0.0621. The van der Waals surface area contributed by atoms with Crippen molar-refractivity contribution in [3.05, 3.63) is 79.1 Å². The van der Waals surface area contributed by atoms with Crippen LogP contribution in [-0.4, -0.2) is 56.2 Å². The first-order valence-electron chi connectivity index (χ1n) is 12.6. The van der Waals surface area contributed by atoms with Crippen molar-refractivity contribution in [3.63, 3.8) is 0 Å². The van der Waals surface area contributed by atoms with Gasteiger partial charge in [0.2, 0.25) is 5.91 Å². The minimum atomic E-state index is -4.59. The van der Waals surface area contributed by atoms with E-state index in [2.05, 4.69) is 30.4 Å². The van der Waals surface area contributed by atoms with Gasteiger partial charge in [-0.15, -0.1) is 0 Å². The van der Waals surface area contributed by atoms with Gasteiger partial charge in [-0.05, 0) is 44.4 Å². The molecule has 40 heavy (non-hydrogen) atoms. The molecule has 1 fully saturated rings. The van der Waals surface area contributed by atoms with E-state index in [0.29, 0.717) is 0 Å². The summed E-state index contributed by atoms with van der Waals surface area (Å²) in [6.07, 6.45) is 1.32. The Morgan fingerprint density at radius 2 is 2.12 bits per heavy atom. The fraction of sp³-hybridized carbons (Fsp3) is 0.458. The van der Waals surface area contributed by atoms with Crippen LogP contribution in [0, 0.1) is 6.92 Å². The third-order valence-corrected chi connectivity index (χ3v) is 7.58. The van der Waals surface area contributed by atoms with Crippen LogP contribution in [0.1, 0.15) is 37.6 Å². The first-order chi connectivity index (χ1) is 19.0. The molecule has 3 aromatic rings. The lowest BCUT2D eigenvalue weighted by atomic mass is 10.0. The number of ether oxygens (including phenoxy) is 1. The number of aromatic nitrogens is 3. The molecule has 1 aliphatic rings. The minimum Gasteiger partial charge on any atom is -0.361 e.